The SMILES string of the molecule is O=C(C1CSc2ccccc2O1)N1CCCC(n2cncn2)C1. The van der Waals surface area contributed by atoms with Gasteiger partial charge < -0.3 is 9.64 Å². The van der Waals surface area contributed by atoms with Crippen LogP contribution in [0.2, 0.25) is 0 Å². The predicted molar refractivity (Wildman–Crippen MR) is 86.5 cm³/mol. The zero-order valence-corrected chi connectivity index (χ0v) is 13.5. The first-order valence-corrected chi connectivity index (χ1v) is 8.81. The molecule has 0 spiro atoms. The Hall–Kier alpha value is -2.02. The third-order valence-electron chi connectivity index (χ3n) is 4.30. The second-order valence-corrected chi connectivity index (χ2v) is 6.88. The van der Waals surface area contributed by atoms with Crippen LogP contribution in [-0.4, -0.2) is 50.5 Å². The molecule has 0 aliphatic carbocycles. The molecular formula is C16H18N4O2S. The van der Waals surface area contributed by atoms with E-state index in [1.807, 2.05) is 33.8 Å². The van der Waals surface area contributed by atoms with Gasteiger partial charge in [0.25, 0.3) is 5.91 Å². The number of piperidine rings is 1. The molecule has 2 aliphatic rings. The molecule has 1 aromatic heterocycles. The summed E-state index contributed by atoms with van der Waals surface area (Å²) in [6.07, 6.45) is 4.87. The Morgan fingerprint density at radius 1 is 1.35 bits per heavy atom. The van der Waals surface area contributed by atoms with Gasteiger partial charge >= 0.3 is 0 Å². The lowest BCUT2D eigenvalue weighted by molar-refractivity contribution is -0.139. The van der Waals surface area contributed by atoms with E-state index in [0.717, 1.165) is 30.0 Å². The summed E-state index contributed by atoms with van der Waals surface area (Å²) >= 11 is 1.69. The number of rotatable bonds is 2. The van der Waals surface area contributed by atoms with Crippen LogP contribution in [0, 0.1) is 0 Å². The lowest BCUT2D eigenvalue weighted by Crippen LogP contribution is -2.48. The Labute approximate surface area is 138 Å². The van der Waals surface area contributed by atoms with E-state index >= 15 is 0 Å². The topological polar surface area (TPSA) is 60.2 Å². The van der Waals surface area contributed by atoms with Crippen molar-refractivity contribution >= 4 is 17.7 Å². The zero-order chi connectivity index (χ0) is 15.6. The standard InChI is InChI=1S/C16H18N4O2S/c21-16(14-9-23-15-6-2-1-5-13(15)22-14)19-7-3-4-12(8-19)20-11-17-10-18-20/h1-2,5-6,10-12,14H,3-4,7-9H2. The van der Waals surface area contributed by atoms with Crippen LogP contribution in [0.1, 0.15) is 18.9 Å². The van der Waals surface area contributed by atoms with E-state index < -0.39 is 6.10 Å². The van der Waals surface area contributed by atoms with Crippen LogP contribution >= 0.6 is 11.8 Å². The summed E-state index contributed by atoms with van der Waals surface area (Å²) in [5.41, 5.74) is 0. The molecule has 0 bridgehead atoms. The number of aromatic nitrogens is 3. The largest absolute Gasteiger partial charge is 0.479 e. The van der Waals surface area contributed by atoms with Gasteiger partial charge in [-0.2, -0.15) is 5.10 Å². The van der Waals surface area contributed by atoms with Crippen molar-refractivity contribution < 1.29 is 9.53 Å². The Bertz CT molecular complexity index is 691. The van der Waals surface area contributed by atoms with E-state index in [0.29, 0.717) is 12.3 Å². The molecule has 23 heavy (non-hydrogen) atoms. The summed E-state index contributed by atoms with van der Waals surface area (Å²) in [4.78, 5) is 19.8. The van der Waals surface area contributed by atoms with E-state index in [-0.39, 0.29) is 11.9 Å². The maximum absolute atomic E-state index is 12.8. The third-order valence-corrected chi connectivity index (χ3v) is 5.42. The molecule has 3 heterocycles. The normalized spacial score (nSPS) is 23.9. The van der Waals surface area contributed by atoms with Gasteiger partial charge in [-0.1, -0.05) is 12.1 Å². The number of likely N-dealkylation sites (tertiary alicyclic amines) is 1. The number of amides is 1. The van der Waals surface area contributed by atoms with Gasteiger partial charge in [-0.05, 0) is 25.0 Å². The summed E-state index contributed by atoms with van der Waals surface area (Å²) in [5, 5.41) is 4.21. The van der Waals surface area contributed by atoms with Crippen LogP contribution in [0.4, 0.5) is 0 Å². The van der Waals surface area contributed by atoms with E-state index in [2.05, 4.69) is 10.1 Å². The van der Waals surface area contributed by atoms with Crippen molar-refractivity contribution in [2.45, 2.75) is 29.9 Å². The van der Waals surface area contributed by atoms with Gasteiger partial charge in [0, 0.05) is 23.7 Å². The summed E-state index contributed by atoms with van der Waals surface area (Å²) in [7, 11) is 0. The first-order chi connectivity index (χ1) is 11.3. The van der Waals surface area contributed by atoms with Gasteiger partial charge in [0.15, 0.2) is 6.10 Å². The Balaban J connectivity index is 1.45. The average molecular weight is 330 g/mol. The summed E-state index contributed by atoms with van der Waals surface area (Å²) in [6.45, 7) is 1.46. The van der Waals surface area contributed by atoms with E-state index in [4.69, 9.17) is 4.74 Å². The van der Waals surface area contributed by atoms with Crippen molar-refractivity contribution in [3.63, 3.8) is 0 Å². The van der Waals surface area contributed by atoms with E-state index in [1.54, 1.807) is 24.4 Å². The lowest BCUT2D eigenvalue weighted by atomic mass is 10.1. The number of hydrogen-bond acceptors (Lipinski definition) is 5. The smallest absolute Gasteiger partial charge is 0.264 e. The maximum Gasteiger partial charge on any atom is 0.264 e. The molecular weight excluding hydrogens is 312 g/mol. The highest BCUT2D eigenvalue weighted by Crippen LogP contribution is 2.35. The lowest BCUT2D eigenvalue weighted by Gasteiger charge is -2.35. The number of nitrogens with zero attached hydrogens (tertiary/aromatic N) is 4. The molecule has 2 aromatic rings. The summed E-state index contributed by atoms with van der Waals surface area (Å²) < 4.78 is 7.78. The quantitative estimate of drug-likeness (QED) is 0.843. The highest BCUT2D eigenvalue weighted by Gasteiger charge is 2.33. The molecule has 1 saturated heterocycles. The highest BCUT2D eigenvalue weighted by atomic mass is 32.2. The van der Waals surface area contributed by atoms with E-state index in [9.17, 15) is 4.79 Å². The van der Waals surface area contributed by atoms with Crippen molar-refractivity contribution in [2.75, 3.05) is 18.8 Å². The van der Waals surface area contributed by atoms with Crippen LogP contribution in [-0.2, 0) is 4.79 Å². The van der Waals surface area contributed by atoms with Gasteiger partial charge in [0.05, 0.1) is 6.04 Å². The van der Waals surface area contributed by atoms with E-state index in [1.165, 1.54) is 0 Å². The van der Waals surface area contributed by atoms with Gasteiger partial charge in [-0.25, -0.2) is 9.67 Å². The molecule has 6 nitrogen and oxygen atoms in total. The Morgan fingerprint density at radius 3 is 3.13 bits per heavy atom. The van der Waals surface area contributed by atoms with Crippen molar-refractivity contribution in [2.24, 2.45) is 0 Å². The molecule has 2 atom stereocenters. The second-order valence-electron chi connectivity index (χ2n) is 5.82. The highest BCUT2D eigenvalue weighted by molar-refractivity contribution is 7.99. The molecule has 4 rings (SSSR count). The molecule has 2 unspecified atom stereocenters. The van der Waals surface area contributed by atoms with Crippen LogP contribution < -0.4 is 4.74 Å². The predicted octanol–water partition coefficient (Wildman–Crippen LogP) is 1.99. The summed E-state index contributed by atoms with van der Waals surface area (Å²) in [6, 6.07) is 8.09. The molecule has 2 aliphatic heterocycles. The van der Waals surface area contributed by atoms with Gasteiger partial charge in [0.2, 0.25) is 0 Å². The number of carbonyl (C=O) groups is 1. The van der Waals surface area contributed by atoms with Gasteiger partial charge in [-0.15, -0.1) is 11.8 Å². The minimum absolute atomic E-state index is 0.0804. The minimum Gasteiger partial charge on any atom is -0.479 e. The Morgan fingerprint density at radius 2 is 2.26 bits per heavy atom. The monoisotopic (exact) mass is 330 g/mol. The number of benzene rings is 1. The third kappa shape index (κ3) is 2.93. The van der Waals surface area contributed by atoms with Crippen molar-refractivity contribution in [3.8, 4) is 5.75 Å². The number of carbonyl (C=O) groups excluding carboxylic acids is 1. The van der Waals surface area contributed by atoms with Crippen LogP contribution in [0.25, 0.3) is 0 Å². The van der Waals surface area contributed by atoms with Crippen molar-refractivity contribution in [3.05, 3.63) is 36.9 Å². The van der Waals surface area contributed by atoms with Gasteiger partial charge in [0.1, 0.15) is 18.4 Å². The van der Waals surface area contributed by atoms with Crippen molar-refractivity contribution in [1.29, 1.82) is 0 Å². The molecule has 7 heteroatoms. The molecule has 1 aromatic carbocycles. The molecule has 1 fully saturated rings. The van der Waals surface area contributed by atoms with Gasteiger partial charge in [-0.3, -0.25) is 4.79 Å². The van der Waals surface area contributed by atoms with Crippen LogP contribution in [0.3, 0.4) is 0 Å². The fourth-order valence-corrected chi connectivity index (χ4v) is 4.10. The van der Waals surface area contributed by atoms with Crippen LogP contribution in [0.5, 0.6) is 5.75 Å². The zero-order valence-electron chi connectivity index (χ0n) is 12.7. The molecule has 0 radical (unpaired) electrons. The first kappa shape index (κ1) is 14.6. The Kier molecular flexibility index (Phi) is 3.95. The number of ether oxygens (including phenoxy) is 1. The molecule has 1 amide bonds. The number of thioether (sulfide) groups is 1. The number of para-hydroxylation sites is 1. The molecule has 0 saturated carbocycles. The average Bonchev–Trinajstić information content (AvgIpc) is 3.15. The molecule has 120 valence electrons. The minimum atomic E-state index is -0.399. The van der Waals surface area contributed by atoms with Crippen molar-refractivity contribution in [1.82, 2.24) is 19.7 Å². The fraction of sp³-hybridized carbons (Fsp3) is 0.438. The fourth-order valence-electron chi connectivity index (χ4n) is 3.12. The first-order valence-electron chi connectivity index (χ1n) is 7.82. The van der Waals surface area contributed by atoms with Crippen LogP contribution in [0.15, 0.2) is 41.8 Å². The number of hydrogen-bond donors (Lipinski definition) is 0. The number of fused-ring (bicyclic) bond motifs is 1. The maximum atomic E-state index is 12.8. The summed E-state index contributed by atoms with van der Waals surface area (Å²) in [5.74, 6) is 1.56. The molecule has 0 N–H and O–H groups in total. The second kappa shape index (κ2) is 6.23.